The molecule has 2 atom stereocenters. The number of nitrogens with one attached hydrogen (secondary N) is 1. The van der Waals surface area contributed by atoms with E-state index in [4.69, 9.17) is 9.84 Å². The minimum absolute atomic E-state index is 0.000376. The first kappa shape index (κ1) is 12.4. The first-order valence-electron chi connectivity index (χ1n) is 4.63. The van der Waals surface area contributed by atoms with Crippen LogP contribution in [0.15, 0.2) is 0 Å². The highest BCUT2D eigenvalue weighted by Gasteiger charge is 2.08. The number of ether oxygens (including phenoxy) is 1. The van der Waals surface area contributed by atoms with Crippen LogP contribution in [0, 0.1) is 0 Å². The lowest BCUT2D eigenvalue weighted by atomic mass is 10.2. The molecule has 0 bridgehead atoms. The summed E-state index contributed by atoms with van der Waals surface area (Å²) in [4.78, 5) is 10.3. The topological polar surface area (TPSA) is 58.6 Å². The van der Waals surface area contributed by atoms with Crippen LogP contribution in [0.25, 0.3) is 0 Å². The zero-order chi connectivity index (χ0) is 10.3. The highest BCUT2D eigenvalue weighted by Crippen LogP contribution is 1.93. The summed E-state index contributed by atoms with van der Waals surface area (Å²) in [5, 5.41) is 11.6. The van der Waals surface area contributed by atoms with Gasteiger partial charge in [-0.05, 0) is 20.8 Å². The molecule has 0 aromatic heterocycles. The molecule has 4 nitrogen and oxygen atoms in total. The van der Waals surface area contributed by atoms with Gasteiger partial charge in [-0.3, -0.25) is 4.79 Å². The number of hydrogen-bond acceptors (Lipinski definition) is 3. The predicted octanol–water partition coefficient (Wildman–Crippen LogP) is 0.864. The number of hydrogen-bond donors (Lipinski definition) is 2. The van der Waals surface area contributed by atoms with Crippen molar-refractivity contribution in [3.63, 3.8) is 0 Å². The second-order valence-corrected chi connectivity index (χ2v) is 3.17. The normalized spacial score (nSPS) is 15.3. The standard InChI is InChI=1S/C9H19NO3/c1-4-13-8(3)6-10-7(2)5-9(11)12/h7-8,10H,4-6H2,1-3H3,(H,11,12). The van der Waals surface area contributed by atoms with Gasteiger partial charge in [0.15, 0.2) is 0 Å². The van der Waals surface area contributed by atoms with Crippen molar-refractivity contribution in [3.05, 3.63) is 0 Å². The van der Waals surface area contributed by atoms with Crippen LogP contribution in [0.4, 0.5) is 0 Å². The second-order valence-electron chi connectivity index (χ2n) is 3.17. The fourth-order valence-corrected chi connectivity index (χ4v) is 1.04. The molecule has 4 heteroatoms. The number of rotatable bonds is 7. The Labute approximate surface area is 79.3 Å². The maximum absolute atomic E-state index is 10.3. The van der Waals surface area contributed by atoms with Gasteiger partial charge in [0.1, 0.15) is 0 Å². The molecular formula is C9H19NO3. The molecule has 0 aliphatic carbocycles. The van der Waals surface area contributed by atoms with Crippen LogP contribution < -0.4 is 5.32 Å². The van der Waals surface area contributed by atoms with E-state index in [1.54, 1.807) is 0 Å². The smallest absolute Gasteiger partial charge is 0.304 e. The van der Waals surface area contributed by atoms with Gasteiger partial charge in [-0.2, -0.15) is 0 Å². The second kappa shape index (κ2) is 6.86. The van der Waals surface area contributed by atoms with Crippen molar-refractivity contribution in [3.8, 4) is 0 Å². The van der Waals surface area contributed by atoms with Gasteiger partial charge in [0.2, 0.25) is 0 Å². The third-order valence-corrected chi connectivity index (χ3v) is 1.69. The molecule has 2 N–H and O–H groups in total. The van der Waals surface area contributed by atoms with Crippen LogP contribution in [-0.4, -0.2) is 36.4 Å². The van der Waals surface area contributed by atoms with Crippen LogP contribution in [-0.2, 0) is 9.53 Å². The lowest BCUT2D eigenvalue weighted by molar-refractivity contribution is -0.137. The Morgan fingerprint density at radius 2 is 2.15 bits per heavy atom. The van der Waals surface area contributed by atoms with E-state index in [0.717, 1.165) is 0 Å². The Balaban J connectivity index is 3.45. The van der Waals surface area contributed by atoms with Gasteiger partial charge in [-0.1, -0.05) is 0 Å². The van der Waals surface area contributed by atoms with Crippen molar-refractivity contribution < 1.29 is 14.6 Å². The molecule has 0 rings (SSSR count). The van der Waals surface area contributed by atoms with Gasteiger partial charge in [0.25, 0.3) is 0 Å². The average Bonchev–Trinajstić information content (AvgIpc) is 2.00. The summed E-state index contributed by atoms with van der Waals surface area (Å²) in [5.41, 5.74) is 0. The monoisotopic (exact) mass is 189 g/mol. The van der Waals surface area contributed by atoms with E-state index in [1.165, 1.54) is 0 Å². The molecule has 2 unspecified atom stereocenters. The van der Waals surface area contributed by atoms with Crippen molar-refractivity contribution in [2.45, 2.75) is 39.3 Å². The maximum atomic E-state index is 10.3. The van der Waals surface area contributed by atoms with Gasteiger partial charge in [0.05, 0.1) is 12.5 Å². The van der Waals surface area contributed by atoms with Crippen LogP contribution in [0.1, 0.15) is 27.2 Å². The van der Waals surface area contributed by atoms with E-state index in [2.05, 4.69) is 5.32 Å². The quantitative estimate of drug-likeness (QED) is 0.623. The number of carbonyl (C=O) groups is 1. The van der Waals surface area contributed by atoms with Crippen molar-refractivity contribution >= 4 is 5.97 Å². The third kappa shape index (κ3) is 7.74. The Kier molecular flexibility index (Phi) is 6.54. The van der Waals surface area contributed by atoms with Crippen molar-refractivity contribution in [1.29, 1.82) is 0 Å². The lowest BCUT2D eigenvalue weighted by Crippen LogP contribution is -2.35. The Bertz CT molecular complexity index is 150. The molecule has 13 heavy (non-hydrogen) atoms. The summed E-state index contributed by atoms with van der Waals surface area (Å²) in [7, 11) is 0. The molecule has 0 aromatic carbocycles. The summed E-state index contributed by atoms with van der Waals surface area (Å²) >= 11 is 0. The summed E-state index contributed by atoms with van der Waals surface area (Å²) in [6, 6.07) is 0.000376. The van der Waals surface area contributed by atoms with Crippen LogP contribution in [0.2, 0.25) is 0 Å². The van der Waals surface area contributed by atoms with E-state index < -0.39 is 5.97 Å². The highest BCUT2D eigenvalue weighted by atomic mass is 16.5. The molecule has 0 aliphatic rings. The molecule has 0 radical (unpaired) electrons. The summed E-state index contributed by atoms with van der Waals surface area (Å²) in [6.45, 7) is 7.15. The van der Waals surface area contributed by atoms with Crippen LogP contribution in [0.5, 0.6) is 0 Å². The van der Waals surface area contributed by atoms with Gasteiger partial charge >= 0.3 is 5.97 Å². The predicted molar refractivity (Wildman–Crippen MR) is 50.8 cm³/mol. The maximum Gasteiger partial charge on any atom is 0.304 e. The molecule has 0 aromatic rings. The molecule has 0 spiro atoms. The van der Waals surface area contributed by atoms with Crippen molar-refractivity contribution in [2.75, 3.05) is 13.2 Å². The van der Waals surface area contributed by atoms with Crippen molar-refractivity contribution in [1.82, 2.24) is 5.32 Å². The van der Waals surface area contributed by atoms with Gasteiger partial charge in [-0.25, -0.2) is 0 Å². The van der Waals surface area contributed by atoms with Crippen molar-refractivity contribution in [2.24, 2.45) is 0 Å². The molecule has 0 fully saturated rings. The number of aliphatic carboxylic acids is 1. The van der Waals surface area contributed by atoms with Crippen LogP contribution >= 0.6 is 0 Å². The van der Waals surface area contributed by atoms with E-state index in [1.807, 2.05) is 20.8 Å². The molecule has 0 saturated heterocycles. The highest BCUT2D eigenvalue weighted by molar-refractivity contribution is 5.67. The minimum atomic E-state index is -0.774. The fraction of sp³-hybridized carbons (Fsp3) is 0.889. The molecule has 0 heterocycles. The van der Waals surface area contributed by atoms with E-state index in [-0.39, 0.29) is 18.6 Å². The van der Waals surface area contributed by atoms with Crippen LogP contribution in [0.3, 0.4) is 0 Å². The molecule has 0 amide bonds. The van der Waals surface area contributed by atoms with E-state index in [0.29, 0.717) is 13.2 Å². The zero-order valence-corrected chi connectivity index (χ0v) is 8.54. The van der Waals surface area contributed by atoms with Gasteiger partial charge < -0.3 is 15.2 Å². The zero-order valence-electron chi connectivity index (χ0n) is 8.54. The van der Waals surface area contributed by atoms with E-state index >= 15 is 0 Å². The van der Waals surface area contributed by atoms with Gasteiger partial charge in [-0.15, -0.1) is 0 Å². The summed E-state index contributed by atoms with van der Waals surface area (Å²) in [5.74, 6) is -0.774. The minimum Gasteiger partial charge on any atom is -0.481 e. The molecule has 0 aliphatic heterocycles. The SMILES string of the molecule is CCOC(C)CNC(C)CC(=O)O. The van der Waals surface area contributed by atoms with E-state index in [9.17, 15) is 4.79 Å². The van der Waals surface area contributed by atoms with Gasteiger partial charge in [0, 0.05) is 19.2 Å². The number of carboxylic acids is 1. The first-order chi connectivity index (χ1) is 6.06. The first-order valence-corrected chi connectivity index (χ1v) is 4.63. The molecular weight excluding hydrogens is 170 g/mol. The average molecular weight is 189 g/mol. The summed E-state index contributed by atoms with van der Waals surface area (Å²) < 4.78 is 5.29. The fourth-order valence-electron chi connectivity index (χ4n) is 1.04. The lowest BCUT2D eigenvalue weighted by Gasteiger charge is -2.16. The summed E-state index contributed by atoms with van der Waals surface area (Å²) in [6.07, 6.45) is 0.292. The Morgan fingerprint density at radius 3 is 2.62 bits per heavy atom. The third-order valence-electron chi connectivity index (χ3n) is 1.69. The molecule has 0 saturated carbocycles. The Morgan fingerprint density at radius 1 is 1.54 bits per heavy atom. The number of carboxylic acid groups (broad SMARTS) is 1. The largest absolute Gasteiger partial charge is 0.481 e. The molecule has 78 valence electrons. The Hall–Kier alpha value is -0.610.